The highest BCUT2D eigenvalue weighted by atomic mass is 16.3. The summed E-state index contributed by atoms with van der Waals surface area (Å²) in [7, 11) is 3.38. The molecule has 1 atom stereocenters. The molecule has 0 spiro atoms. The number of rotatable bonds is 14. The Kier molecular flexibility index (Phi) is 9.60. The Morgan fingerprint density at radius 1 is 1.07 bits per heavy atom. The van der Waals surface area contributed by atoms with Gasteiger partial charge in [-0.1, -0.05) is 39.0 Å². The zero-order chi connectivity index (χ0) is 21.2. The maximum absolute atomic E-state index is 12.6. The summed E-state index contributed by atoms with van der Waals surface area (Å²) >= 11 is 0. The van der Waals surface area contributed by atoms with E-state index in [1.54, 1.807) is 25.0 Å². The van der Waals surface area contributed by atoms with Crippen molar-refractivity contribution in [3.05, 3.63) is 27.2 Å². The van der Waals surface area contributed by atoms with Gasteiger partial charge in [0, 0.05) is 27.2 Å². The summed E-state index contributed by atoms with van der Waals surface area (Å²) in [5.74, 6) is 0. The van der Waals surface area contributed by atoms with Gasteiger partial charge in [-0.2, -0.15) is 0 Å². The number of aliphatic hydroxyl groups excluding tert-OH is 1. The highest BCUT2D eigenvalue weighted by Crippen LogP contribution is 2.06. The standard InChI is InChI=1S/C21H37N5O3/c1-4-5-6-7-8-10-13-22-15-17(27)12-9-11-14-26-20(28)18-19(23-16-24(18)2)25(3)21(26)29/h16-17,22,27H,4-15H2,1-3H3. The van der Waals surface area contributed by atoms with Crippen molar-refractivity contribution in [3.63, 3.8) is 0 Å². The lowest BCUT2D eigenvalue weighted by atomic mass is 10.1. The van der Waals surface area contributed by atoms with Crippen LogP contribution >= 0.6 is 0 Å². The van der Waals surface area contributed by atoms with Crippen LogP contribution in [0.1, 0.15) is 64.7 Å². The van der Waals surface area contributed by atoms with E-state index in [2.05, 4.69) is 17.2 Å². The van der Waals surface area contributed by atoms with Gasteiger partial charge in [-0.25, -0.2) is 9.78 Å². The second-order valence-electron chi connectivity index (χ2n) is 7.95. The van der Waals surface area contributed by atoms with Crippen LogP contribution in [-0.4, -0.2) is 43.0 Å². The van der Waals surface area contributed by atoms with Crippen LogP contribution in [0.2, 0.25) is 0 Å². The Labute approximate surface area is 172 Å². The second kappa shape index (κ2) is 11.9. The first-order valence-electron chi connectivity index (χ1n) is 11.0. The zero-order valence-electron chi connectivity index (χ0n) is 18.2. The summed E-state index contributed by atoms with van der Waals surface area (Å²) in [4.78, 5) is 29.2. The van der Waals surface area contributed by atoms with E-state index in [4.69, 9.17) is 0 Å². The number of fused-ring (bicyclic) bond motifs is 1. The largest absolute Gasteiger partial charge is 0.392 e. The molecule has 0 amide bonds. The molecule has 8 nitrogen and oxygen atoms in total. The minimum Gasteiger partial charge on any atom is -0.392 e. The molecule has 29 heavy (non-hydrogen) atoms. The third-order valence-electron chi connectivity index (χ3n) is 5.46. The first kappa shape index (κ1) is 23.3. The lowest BCUT2D eigenvalue weighted by molar-refractivity contribution is 0.157. The fourth-order valence-corrected chi connectivity index (χ4v) is 3.64. The second-order valence-corrected chi connectivity index (χ2v) is 7.95. The van der Waals surface area contributed by atoms with Crippen LogP contribution < -0.4 is 16.6 Å². The van der Waals surface area contributed by atoms with E-state index >= 15 is 0 Å². The minimum atomic E-state index is -0.394. The first-order valence-corrected chi connectivity index (χ1v) is 11.0. The third kappa shape index (κ3) is 6.54. The molecule has 0 fully saturated rings. The number of hydrogen-bond acceptors (Lipinski definition) is 5. The van der Waals surface area contributed by atoms with Crippen LogP contribution in [0.4, 0.5) is 0 Å². The smallest absolute Gasteiger partial charge is 0.332 e. The molecule has 1 unspecified atom stereocenters. The number of imidazole rings is 1. The van der Waals surface area contributed by atoms with Gasteiger partial charge in [-0.05, 0) is 32.2 Å². The molecule has 2 aromatic heterocycles. The van der Waals surface area contributed by atoms with Gasteiger partial charge in [0.15, 0.2) is 11.2 Å². The molecular weight excluding hydrogens is 370 g/mol. The molecule has 0 aromatic carbocycles. The third-order valence-corrected chi connectivity index (χ3v) is 5.46. The predicted molar refractivity (Wildman–Crippen MR) is 116 cm³/mol. The summed E-state index contributed by atoms with van der Waals surface area (Å²) in [5, 5.41) is 13.4. The van der Waals surface area contributed by atoms with Gasteiger partial charge in [-0.3, -0.25) is 13.9 Å². The SMILES string of the molecule is CCCCCCCCNCC(O)CCCCn1c(=O)c2c(ncn2C)n(C)c1=O. The monoisotopic (exact) mass is 407 g/mol. The Balaban J connectivity index is 1.70. The van der Waals surface area contributed by atoms with Crippen molar-refractivity contribution in [1.82, 2.24) is 24.0 Å². The Morgan fingerprint density at radius 3 is 2.55 bits per heavy atom. The van der Waals surface area contributed by atoms with Crippen LogP contribution in [0, 0.1) is 0 Å². The number of nitrogens with one attached hydrogen (secondary N) is 1. The number of nitrogens with zero attached hydrogens (tertiary/aromatic N) is 4. The summed E-state index contributed by atoms with van der Waals surface area (Å²) in [6.45, 7) is 4.11. The summed E-state index contributed by atoms with van der Waals surface area (Å²) in [6, 6.07) is 0. The van der Waals surface area contributed by atoms with Crippen molar-refractivity contribution < 1.29 is 5.11 Å². The normalized spacial score (nSPS) is 12.7. The van der Waals surface area contributed by atoms with Gasteiger partial charge < -0.3 is 15.0 Å². The fraction of sp³-hybridized carbons (Fsp3) is 0.762. The van der Waals surface area contributed by atoms with Crippen molar-refractivity contribution in [2.45, 2.75) is 77.4 Å². The Morgan fingerprint density at radius 2 is 1.79 bits per heavy atom. The van der Waals surface area contributed by atoms with E-state index in [-0.39, 0.29) is 11.2 Å². The Hall–Kier alpha value is -1.93. The van der Waals surface area contributed by atoms with Gasteiger partial charge in [0.25, 0.3) is 5.56 Å². The summed E-state index contributed by atoms with van der Waals surface area (Å²) in [5.41, 5.74) is 0.197. The highest BCUT2D eigenvalue weighted by Gasteiger charge is 2.14. The van der Waals surface area contributed by atoms with E-state index < -0.39 is 6.10 Å². The van der Waals surface area contributed by atoms with Gasteiger partial charge in [-0.15, -0.1) is 0 Å². The zero-order valence-corrected chi connectivity index (χ0v) is 18.2. The number of aromatic nitrogens is 4. The van der Waals surface area contributed by atoms with E-state index in [0.29, 0.717) is 37.1 Å². The van der Waals surface area contributed by atoms with E-state index in [0.717, 1.165) is 19.4 Å². The lowest BCUT2D eigenvalue weighted by Crippen LogP contribution is -2.39. The maximum atomic E-state index is 12.6. The average Bonchev–Trinajstić information content (AvgIpc) is 3.09. The molecule has 2 heterocycles. The molecule has 2 N–H and O–H groups in total. The molecular formula is C21H37N5O3. The van der Waals surface area contributed by atoms with Gasteiger partial charge in [0.1, 0.15) is 0 Å². The molecule has 8 heteroatoms. The Bertz CT molecular complexity index is 868. The number of aryl methyl sites for hydroxylation is 2. The molecule has 164 valence electrons. The van der Waals surface area contributed by atoms with Crippen molar-refractivity contribution in [2.24, 2.45) is 14.1 Å². The number of hydrogen-bond donors (Lipinski definition) is 2. The van der Waals surface area contributed by atoms with Crippen molar-refractivity contribution in [1.29, 1.82) is 0 Å². The van der Waals surface area contributed by atoms with Crippen LogP contribution in [0.3, 0.4) is 0 Å². The van der Waals surface area contributed by atoms with E-state index in [1.807, 2.05) is 0 Å². The van der Waals surface area contributed by atoms with Crippen molar-refractivity contribution >= 4 is 11.2 Å². The minimum absolute atomic E-state index is 0.302. The summed E-state index contributed by atoms with van der Waals surface area (Å²) in [6.07, 6.45) is 10.8. The quantitative estimate of drug-likeness (QED) is 0.467. The molecule has 0 aliphatic heterocycles. The average molecular weight is 408 g/mol. The van der Waals surface area contributed by atoms with Crippen molar-refractivity contribution in [2.75, 3.05) is 13.1 Å². The molecule has 2 aromatic rings. The molecule has 2 rings (SSSR count). The molecule has 0 saturated carbocycles. The van der Waals surface area contributed by atoms with Crippen LogP contribution in [0.5, 0.6) is 0 Å². The molecule has 0 bridgehead atoms. The van der Waals surface area contributed by atoms with Crippen molar-refractivity contribution in [3.8, 4) is 0 Å². The molecule has 0 saturated heterocycles. The van der Waals surface area contributed by atoms with Crippen LogP contribution in [-0.2, 0) is 20.6 Å². The molecule has 0 aliphatic rings. The first-order chi connectivity index (χ1) is 14.0. The van der Waals surface area contributed by atoms with Gasteiger partial charge in [0.2, 0.25) is 0 Å². The molecule has 0 aliphatic carbocycles. The van der Waals surface area contributed by atoms with Gasteiger partial charge in [0.05, 0.1) is 12.4 Å². The predicted octanol–water partition coefficient (Wildman–Crippen LogP) is 1.92. The number of aliphatic hydroxyl groups is 1. The number of unbranched alkanes of at least 4 members (excludes halogenated alkanes) is 6. The fourth-order valence-electron chi connectivity index (χ4n) is 3.64. The highest BCUT2D eigenvalue weighted by molar-refractivity contribution is 5.69. The van der Waals surface area contributed by atoms with E-state index in [9.17, 15) is 14.7 Å². The topological polar surface area (TPSA) is 94.1 Å². The summed E-state index contributed by atoms with van der Waals surface area (Å²) < 4.78 is 4.33. The van der Waals surface area contributed by atoms with Gasteiger partial charge >= 0.3 is 5.69 Å². The maximum Gasteiger partial charge on any atom is 0.332 e. The van der Waals surface area contributed by atoms with Crippen LogP contribution in [0.15, 0.2) is 15.9 Å². The lowest BCUT2D eigenvalue weighted by Gasteiger charge is -2.12. The van der Waals surface area contributed by atoms with Crippen LogP contribution in [0.25, 0.3) is 11.2 Å². The van der Waals surface area contributed by atoms with E-state index in [1.165, 1.54) is 41.2 Å². The molecule has 0 radical (unpaired) electrons.